The number of halogens is 1. The number of aromatic amines is 1. The molecule has 0 saturated carbocycles. The Balaban J connectivity index is 0.00000225. The Morgan fingerprint density at radius 1 is 1.24 bits per heavy atom. The van der Waals surface area contributed by atoms with E-state index in [2.05, 4.69) is 4.98 Å². The molecule has 1 heterocycles. The predicted molar refractivity (Wildman–Crippen MR) is 99.8 cm³/mol. The van der Waals surface area contributed by atoms with E-state index in [0.29, 0.717) is 11.5 Å². The van der Waals surface area contributed by atoms with Crippen LogP contribution in [0, 0.1) is 0 Å². The number of anilines is 1. The van der Waals surface area contributed by atoms with Gasteiger partial charge in [0, 0.05) is 5.69 Å². The van der Waals surface area contributed by atoms with E-state index >= 15 is 0 Å². The summed E-state index contributed by atoms with van der Waals surface area (Å²) >= 11 is 0. The lowest BCUT2D eigenvalue weighted by molar-refractivity contribution is -0.125. The van der Waals surface area contributed by atoms with Gasteiger partial charge in [0.25, 0.3) is 11.5 Å². The number of hydrogen-bond donors (Lipinski definition) is 2. The van der Waals surface area contributed by atoms with Crippen LogP contribution in [-0.4, -0.2) is 16.1 Å². The van der Waals surface area contributed by atoms with Crippen LogP contribution in [0.3, 0.4) is 0 Å². The van der Waals surface area contributed by atoms with Gasteiger partial charge in [-0.2, -0.15) is 5.06 Å². The molecular formula is C19H23ClN2O3. The molecule has 0 fully saturated rings. The number of nitrogens with one attached hydrogen (secondary N) is 1. The summed E-state index contributed by atoms with van der Waals surface area (Å²) in [6.45, 7) is 3.93. The summed E-state index contributed by atoms with van der Waals surface area (Å²) in [6, 6.07) is 11.0. The lowest BCUT2D eigenvalue weighted by Crippen LogP contribution is -2.37. The lowest BCUT2D eigenvalue weighted by Gasteiger charge is -2.27. The zero-order valence-electron chi connectivity index (χ0n) is 14.4. The average Bonchev–Trinajstić information content (AvgIpc) is 2.60. The van der Waals surface area contributed by atoms with Crippen molar-refractivity contribution in [2.24, 2.45) is 0 Å². The summed E-state index contributed by atoms with van der Waals surface area (Å²) in [5.74, 6) is -0.700. The monoisotopic (exact) mass is 362 g/mol. The van der Waals surface area contributed by atoms with Gasteiger partial charge in [-0.25, -0.2) is 0 Å². The molecule has 2 aromatic rings. The highest BCUT2D eigenvalue weighted by atomic mass is 35.5. The highest BCUT2D eigenvalue weighted by Crippen LogP contribution is 2.33. The molecule has 6 heteroatoms. The second-order valence-electron chi connectivity index (χ2n) is 6.58. The molecule has 0 spiro atoms. The van der Waals surface area contributed by atoms with E-state index in [1.165, 1.54) is 6.07 Å². The van der Waals surface area contributed by atoms with Gasteiger partial charge in [0.1, 0.15) is 5.69 Å². The molecule has 1 atom stereocenters. The molecule has 0 saturated heterocycles. The Morgan fingerprint density at radius 3 is 2.64 bits per heavy atom. The average molecular weight is 363 g/mol. The van der Waals surface area contributed by atoms with Crippen molar-refractivity contribution in [2.75, 3.05) is 5.06 Å². The molecule has 1 aliphatic rings. The van der Waals surface area contributed by atoms with Gasteiger partial charge in [0.2, 0.25) is 0 Å². The van der Waals surface area contributed by atoms with Crippen molar-refractivity contribution in [3.63, 3.8) is 0 Å². The minimum Gasteiger partial charge on any atom is -0.324 e. The first-order valence-corrected chi connectivity index (χ1v) is 8.33. The largest absolute Gasteiger partial charge is 0.324 e. The van der Waals surface area contributed by atoms with Crippen molar-refractivity contribution in [1.82, 2.24) is 4.98 Å². The molecule has 1 unspecified atom stereocenters. The van der Waals surface area contributed by atoms with Gasteiger partial charge < -0.3 is 4.98 Å². The molecule has 134 valence electrons. The van der Waals surface area contributed by atoms with Crippen LogP contribution in [0.4, 0.5) is 5.69 Å². The summed E-state index contributed by atoms with van der Waals surface area (Å²) in [5, 5.41) is 10.9. The second-order valence-corrected chi connectivity index (χ2v) is 6.58. The summed E-state index contributed by atoms with van der Waals surface area (Å²) in [6.07, 6.45) is 2.51. The SMILES string of the molecule is CC(C)c1ccc(N(O)C(=O)C2CCCc3ccccc32)c(=O)[nH]1.Cl. The van der Waals surface area contributed by atoms with Crippen molar-refractivity contribution in [3.8, 4) is 0 Å². The summed E-state index contributed by atoms with van der Waals surface area (Å²) in [7, 11) is 0. The molecule has 5 nitrogen and oxygen atoms in total. The number of aromatic nitrogens is 1. The molecule has 2 N–H and O–H groups in total. The molecule has 1 aromatic heterocycles. The third-order valence-corrected chi connectivity index (χ3v) is 4.64. The van der Waals surface area contributed by atoms with Crippen LogP contribution in [0.1, 0.15) is 55.3 Å². The minimum atomic E-state index is -0.457. The molecule has 25 heavy (non-hydrogen) atoms. The number of aryl methyl sites for hydroxylation is 1. The maximum Gasteiger partial charge on any atom is 0.274 e. The minimum absolute atomic E-state index is 0. The normalized spacial score (nSPS) is 16.1. The smallest absolute Gasteiger partial charge is 0.274 e. The molecule has 0 aliphatic heterocycles. The van der Waals surface area contributed by atoms with E-state index in [1.54, 1.807) is 6.07 Å². The fraction of sp³-hybridized carbons (Fsp3) is 0.368. The summed E-state index contributed by atoms with van der Waals surface area (Å²) in [5.41, 5.74) is 2.36. The standard InChI is InChI=1S/C19H22N2O3.ClH/c1-12(2)16-10-11-17(18(22)20-16)21(24)19(23)15-9-5-7-13-6-3-4-8-14(13)15;/h3-4,6,8,10-12,15,24H,5,7,9H2,1-2H3,(H,20,22);1H. The molecule has 1 amide bonds. The Hall–Kier alpha value is -2.11. The number of rotatable bonds is 3. The van der Waals surface area contributed by atoms with Crippen LogP contribution < -0.4 is 10.6 Å². The van der Waals surface area contributed by atoms with Gasteiger partial charge in [0.05, 0.1) is 5.92 Å². The van der Waals surface area contributed by atoms with E-state index in [4.69, 9.17) is 0 Å². The van der Waals surface area contributed by atoms with Crippen LogP contribution in [0.15, 0.2) is 41.2 Å². The van der Waals surface area contributed by atoms with Crippen LogP contribution in [0.25, 0.3) is 0 Å². The van der Waals surface area contributed by atoms with Gasteiger partial charge in [0.15, 0.2) is 0 Å². The number of benzene rings is 1. The third-order valence-electron chi connectivity index (χ3n) is 4.64. The number of carbonyl (C=O) groups is 1. The molecular weight excluding hydrogens is 340 g/mol. The first-order chi connectivity index (χ1) is 11.5. The number of pyridine rings is 1. The van der Waals surface area contributed by atoms with Crippen LogP contribution >= 0.6 is 12.4 Å². The highest BCUT2D eigenvalue weighted by Gasteiger charge is 2.31. The van der Waals surface area contributed by atoms with Gasteiger partial charge >= 0.3 is 0 Å². The summed E-state index contributed by atoms with van der Waals surface area (Å²) in [4.78, 5) is 27.7. The summed E-state index contributed by atoms with van der Waals surface area (Å²) < 4.78 is 0. The highest BCUT2D eigenvalue weighted by molar-refractivity contribution is 5.96. The number of hydroxylamine groups is 1. The topological polar surface area (TPSA) is 73.4 Å². The molecule has 3 rings (SSSR count). The van der Waals surface area contributed by atoms with Crippen molar-refractivity contribution in [1.29, 1.82) is 0 Å². The quantitative estimate of drug-likeness (QED) is 0.645. The van der Waals surface area contributed by atoms with Crippen LogP contribution in [0.2, 0.25) is 0 Å². The maximum atomic E-state index is 12.8. The third kappa shape index (κ3) is 3.78. The van der Waals surface area contributed by atoms with E-state index < -0.39 is 17.4 Å². The number of fused-ring (bicyclic) bond motifs is 1. The molecule has 1 aliphatic carbocycles. The molecule has 0 radical (unpaired) electrons. The fourth-order valence-corrected chi connectivity index (χ4v) is 3.26. The number of carbonyl (C=O) groups excluding carboxylic acids is 1. The van der Waals surface area contributed by atoms with E-state index in [9.17, 15) is 14.8 Å². The first-order valence-electron chi connectivity index (χ1n) is 8.33. The van der Waals surface area contributed by atoms with Crippen molar-refractivity contribution >= 4 is 24.0 Å². The first kappa shape index (κ1) is 19.2. The van der Waals surface area contributed by atoms with E-state index in [1.807, 2.05) is 38.1 Å². The maximum absolute atomic E-state index is 12.8. The fourth-order valence-electron chi connectivity index (χ4n) is 3.26. The zero-order valence-corrected chi connectivity index (χ0v) is 15.2. The number of H-pyrrole nitrogens is 1. The van der Waals surface area contributed by atoms with Crippen LogP contribution in [-0.2, 0) is 11.2 Å². The number of nitrogens with zero attached hydrogens (tertiary/aromatic N) is 1. The van der Waals surface area contributed by atoms with E-state index in [0.717, 1.165) is 29.7 Å². The Morgan fingerprint density at radius 2 is 1.96 bits per heavy atom. The molecule has 0 bridgehead atoms. The zero-order chi connectivity index (χ0) is 17.3. The van der Waals surface area contributed by atoms with Crippen molar-refractivity contribution in [3.05, 3.63) is 63.6 Å². The van der Waals surface area contributed by atoms with Gasteiger partial charge in [-0.3, -0.25) is 14.8 Å². The predicted octanol–water partition coefficient (Wildman–Crippen LogP) is 3.76. The Kier molecular flexibility index (Phi) is 6.03. The van der Waals surface area contributed by atoms with E-state index in [-0.39, 0.29) is 24.0 Å². The Bertz CT molecular complexity index is 816. The Labute approximate surface area is 153 Å². The van der Waals surface area contributed by atoms with Crippen molar-refractivity contribution < 1.29 is 10.0 Å². The number of hydrogen-bond acceptors (Lipinski definition) is 3. The van der Waals surface area contributed by atoms with Gasteiger partial charge in [-0.15, -0.1) is 12.4 Å². The van der Waals surface area contributed by atoms with Crippen LogP contribution in [0.5, 0.6) is 0 Å². The van der Waals surface area contributed by atoms with Gasteiger partial charge in [-0.05, 0) is 48.4 Å². The second kappa shape index (κ2) is 7.85. The number of amides is 1. The van der Waals surface area contributed by atoms with Gasteiger partial charge in [-0.1, -0.05) is 38.1 Å². The lowest BCUT2D eigenvalue weighted by atomic mass is 9.82. The molecule has 1 aromatic carbocycles. The van der Waals surface area contributed by atoms with Crippen molar-refractivity contribution in [2.45, 2.75) is 44.9 Å².